The second-order valence-corrected chi connectivity index (χ2v) is 2.82. The van der Waals surface area contributed by atoms with Crippen molar-refractivity contribution in [3.63, 3.8) is 0 Å². The first kappa shape index (κ1) is 7.48. The van der Waals surface area contributed by atoms with E-state index in [0.717, 1.165) is 11.0 Å². The summed E-state index contributed by atoms with van der Waals surface area (Å²) in [6.45, 7) is 1.83. The lowest BCUT2D eigenvalue weighted by atomic mass is 9.93. The molecule has 52 valence electrons. The molecule has 0 aliphatic rings. The van der Waals surface area contributed by atoms with Crippen LogP contribution in [0.4, 0.5) is 0 Å². The van der Waals surface area contributed by atoms with Gasteiger partial charge in [-0.3, -0.25) is 0 Å². The lowest BCUT2D eigenvalue weighted by Gasteiger charge is -2.02. The maximum Gasteiger partial charge on any atom is 0.144 e. The summed E-state index contributed by atoms with van der Waals surface area (Å²) in [4.78, 5) is 0. The van der Waals surface area contributed by atoms with Crippen LogP contribution in [0.3, 0.4) is 0 Å². The quantitative estimate of drug-likeness (QED) is 0.543. The zero-order valence-electron chi connectivity index (χ0n) is 5.98. The number of rotatable bonds is 0. The molecule has 1 aromatic carbocycles. The topological polar surface area (TPSA) is 20.2 Å². The minimum atomic E-state index is 0.337. The molecule has 0 radical (unpaired) electrons. The van der Waals surface area contributed by atoms with E-state index >= 15 is 0 Å². The van der Waals surface area contributed by atoms with Crippen molar-refractivity contribution in [1.82, 2.24) is 0 Å². The van der Waals surface area contributed by atoms with Crippen LogP contribution in [0.1, 0.15) is 5.56 Å². The Bertz CT molecular complexity index is 237. The third-order valence-corrected chi connectivity index (χ3v) is 1.67. The first-order valence-corrected chi connectivity index (χ1v) is 3.45. The highest BCUT2D eigenvalue weighted by molar-refractivity contribution is 6.37. The van der Waals surface area contributed by atoms with Gasteiger partial charge in [0.05, 0.1) is 0 Å². The van der Waals surface area contributed by atoms with Gasteiger partial charge >= 0.3 is 0 Å². The molecule has 0 aliphatic heterocycles. The molecule has 0 bridgehead atoms. The molecule has 0 amide bonds. The van der Waals surface area contributed by atoms with Gasteiger partial charge in [-0.25, -0.2) is 0 Å². The molecule has 0 spiro atoms. The summed E-state index contributed by atoms with van der Waals surface area (Å²) in [6.07, 6.45) is 0. The summed E-state index contributed by atoms with van der Waals surface area (Å²) < 4.78 is 0. The fourth-order valence-electron chi connectivity index (χ4n) is 0.903. The molecule has 3 heteroatoms. The Labute approximate surface area is 66.0 Å². The molecule has 1 aromatic rings. The standard InChI is InChI=1S/C7H8BClO/c1-4-2-5(9)3-6(8)7(4)10/h2-3,10H,8H2,1H3. The van der Waals surface area contributed by atoms with Gasteiger partial charge in [-0.1, -0.05) is 11.6 Å². The van der Waals surface area contributed by atoms with Crippen LogP contribution in [0, 0.1) is 6.92 Å². The van der Waals surface area contributed by atoms with Gasteiger partial charge in [0.2, 0.25) is 0 Å². The number of aromatic hydroxyl groups is 1. The Morgan fingerprint density at radius 3 is 2.60 bits per heavy atom. The molecular formula is C7H8BClO. The predicted octanol–water partition coefficient (Wildman–Crippen LogP) is 0.612. The zero-order chi connectivity index (χ0) is 7.72. The predicted molar refractivity (Wildman–Crippen MR) is 46.0 cm³/mol. The molecular weight excluding hydrogens is 146 g/mol. The highest BCUT2D eigenvalue weighted by atomic mass is 35.5. The highest BCUT2D eigenvalue weighted by Crippen LogP contribution is 2.16. The van der Waals surface area contributed by atoms with E-state index in [1.807, 2.05) is 14.8 Å². The fraction of sp³-hybridized carbons (Fsp3) is 0.143. The van der Waals surface area contributed by atoms with Crippen molar-refractivity contribution in [2.75, 3.05) is 0 Å². The number of halogens is 1. The van der Waals surface area contributed by atoms with E-state index in [1.165, 1.54) is 0 Å². The normalized spacial score (nSPS) is 9.80. The largest absolute Gasteiger partial charge is 0.508 e. The Morgan fingerprint density at radius 1 is 1.50 bits per heavy atom. The minimum Gasteiger partial charge on any atom is -0.508 e. The van der Waals surface area contributed by atoms with Crippen LogP contribution in [0.2, 0.25) is 5.02 Å². The summed E-state index contributed by atoms with van der Waals surface area (Å²) in [7, 11) is 1.83. The van der Waals surface area contributed by atoms with Crippen LogP contribution in [0.15, 0.2) is 12.1 Å². The van der Waals surface area contributed by atoms with Gasteiger partial charge in [0.15, 0.2) is 0 Å². The van der Waals surface area contributed by atoms with E-state index < -0.39 is 0 Å². The molecule has 1 N–H and O–H groups in total. The SMILES string of the molecule is Bc1cc(Cl)cc(C)c1O. The molecule has 10 heavy (non-hydrogen) atoms. The van der Waals surface area contributed by atoms with Gasteiger partial charge in [0, 0.05) is 5.02 Å². The molecule has 0 heterocycles. The van der Waals surface area contributed by atoms with Gasteiger partial charge in [0.1, 0.15) is 13.6 Å². The molecule has 0 aromatic heterocycles. The number of benzene rings is 1. The Balaban J connectivity index is 3.31. The summed E-state index contributed by atoms with van der Waals surface area (Å²) in [5, 5.41) is 9.95. The molecule has 0 unspecified atom stereocenters. The smallest absolute Gasteiger partial charge is 0.144 e. The molecule has 0 saturated heterocycles. The number of hydrogen-bond acceptors (Lipinski definition) is 1. The molecule has 0 saturated carbocycles. The van der Waals surface area contributed by atoms with Gasteiger partial charge in [0.25, 0.3) is 0 Å². The third kappa shape index (κ3) is 1.27. The van der Waals surface area contributed by atoms with Crippen molar-refractivity contribution in [2.24, 2.45) is 0 Å². The van der Waals surface area contributed by atoms with E-state index in [9.17, 15) is 5.11 Å². The second-order valence-electron chi connectivity index (χ2n) is 2.39. The van der Waals surface area contributed by atoms with Crippen LogP contribution < -0.4 is 5.46 Å². The average molecular weight is 154 g/mol. The maximum absolute atomic E-state index is 9.27. The van der Waals surface area contributed by atoms with Gasteiger partial charge in [-0.2, -0.15) is 0 Å². The van der Waals surface area contributed by atoms with Crippen molar-refractivity contribution in [2.45, 2.75) is 6.92 Å². The molecule has 1 nitrogen and oxygen atoms in total. The molecule has 0 aliphatic carbocycles. The number of hydrogen-bond donors (Lipinski definition) is 1. The van der Waals surface area contributed by atoms with E-state index in [0.29, 0.717) is 10.8 Å². The van der Waals surface area contributed by atoms with E-state index in [-0.39, 0.29) is 0 Å². The van der Waals surface area contributed by atoms with Gasteiger partial charge in [-0.15, -0.1) is 0 Å². The number of phenolic OH excluding ortho intramolecular Hbond substituents is 1. The molecule has 0 fully saturated rings. The van der Waals surface area contributed by atoms with E-state index in [2.05, 4.69) is 0 Å². The third-order valence-electron chi connectivity index (χ3n) is 1.46. The van der Waals surface area contributed by atoms with Crippen LogP contribution >= 0.6 is 11.6 Å². The monoisotopic (exact) mass is 154 g/mol. The first-order valence-electron chi connectivity index (χ1n) is 3.07. The second kappa shape index (κ2) is 2.55. The molecule has 0 atom stereocenters. The zero-order valence-corrected chi connectivity index (χ0v) is 6.74. The van der Waals surface area contributed by atoms with Crippen LogP contribution in [0.25, 0.3) is 0 Å². The number of phenols is 1. The van der Waals surface area contributed by atoms with Crippen LogP contribution in [0.5, 0.6) is 5.75 Å². The minimum absolute atomic E-state index is 0.337. The van der Waals surface area contributed by atoms with Crippen molar-refractivity contribution in [3.8, 4) is 5.75 Å². The fourth-order valence-corrected chi connectivity index (χ4v) is 1.23. The summed E-state index contributed by atoms with van der Waals surface area (Å²) >= 11 is 5.71. The Hall–Kier alpha value is -0.625. The average Bonchev–Trinajstić information content (AvgIpc) is 1.82. The lowest BCUT2D eigenvalue weighted by Crippen LogP contribution is -2.03. The van der Waals surface area contributed by atoms with Crippen molar-refractivity contribution in [1.29, 1.82) is 0 Å². The van der Waals surface area contributed by atoms with Crippen LogP contribution in [-0.4, -0.2) is 13.0 Å². The molecule has 1 rings (SSSR count). The highest BCUT2D eigenvalue weighted by Gasteiger charge is 1.99. The maximum atomic E-state index is 9.27. The number of aryl methyl sites for hydroxylation is 1. The van der Waals surface area contributed by atoms with Crippen molar-refractivity contribution >= 4 is 24.9 Å². The summed E-state index contributed by atoms with van der Waals surface area (Å²) in [5.41, 5.74) is 1.65. The van der Waals surface area contributed by atoms with E-state index in [4.69, 9.17) is 11.6 Å². The van der Waals surface area contributed by atoms with Crippen molar-refractivity contribution in [3.05, 3.63) is 22.7 Å². The first-order chi connectivity index (χ1) is 4.61. The Kier molecular flexibility index (Phi) is 1.91. The lowest BCUT2D eigenvalue weighted by molar-refractivity contribution is 0.475. The van der Waals surface area contributed by atoms with E-state index in [1.54, 1.807) is 12.1 Å². The van der Waals surface area contributed by atoms with Crippen molar-refractivity contribution < 1.29 is 5.11 Å². The summed E-state index contributed by atoms with van der Waals surface area (Å²) in [5.74, 6) is 0.337. The van der Waals surface area contributed by atoms with Gasteiger partial charge < -0.3 is 5.11 Å². The summed E-state index contributed by atoms with van der Waals surface area (Å²) in [6, 6.07) is 3.48. The van der Waals surface area contributed by atoms with Crippen LogP contribution in [-0.2, 0) is 0 Å². The Morgan fingerprint density at radius 2 is 2.10 bits per heavy atom. The van der Waals surface area contributed by atoms with Gasteiger partial charge in [-0.05, 0) is 30.1 Å².